The van der Waals surface area contributed by atoms with Gasteiger partial charge >= 0.3 is 0 Å². The first-order valence-electron chi connectivity index (χ1n) is 9.71. The van der Waals surface area contributed by atoms with Crippen LogP contribution in [0.1, 0.15) is 23.2 Å². The van der Waals surface area contributed by atoms with Gasteiger partial charge in [0.2, 0.25) is 10.0 Å². The van der Waals surface area contributed by atoms with Crippen LogP contribution < -0.4 is 4.74 Å². The molecule has 30 heavy (non-hydrogen) atoms. The summed E-state index contributed by atoms with van der Waals surface area (Å²) in [5, 5.41) is 0. The van der Waals surface area contributed by atoms with E-state index in [2.05, 4.69) is 0 Å². The van der Waals surface area contributed by atoms with Crippen molar-refractivity contribution in [2.75, 3.05) is 32.5 Å². The number of halogens is 1. The van der Waals surface area contributed by atoms with Gasteiger partial charge in [0.05, 0.1) is 16.9 Å². The van der Waals surface area contributed by atoms with E-state index in [1.807, 2.05) is 4.90 Å². The summed E-state index contributed by atoms with van der Waals surface area (Å²) in [6.45, 7) is 1.26. The smallest absolute Gasteiger partial charge is 0.255 e. The average molecular weight is 451 g/mol. The van der Waals surface area contributed by atoms with Crippen molar-refractivity contribution in [2.24, 2.45) is 0 Å². The molecule has 0 unspecified atom stereocenters. The minimum Gasteiger partial charge on any atom is -0.497 e. The van der Waals surface area contributed by atoms with Gasteiger partial charge in [0, 0.05) is 31.0 Å². The van der Waals surface area contributed by atoms with Crippen LogP contribution in [0, 0.1) is 5.82 Å². The zero-order valence-corrected chi connectivity index (χ0v) is 18.2. The number of sulfonamides is 1. The molecular formula is C21H23FN2O4S2. The van der Waals surface area contributed by atoms with E-state index in [1.54, 1.807) is 43.1 Å². The molecule has 0 atom stereocenters. The molecule has 2 aliphatic rings. The lowest BCUT2D eigenvalue weighted by Crippen LogP contribution is -2.53. The lowest BCUT2D eigenvalue weighted by atomic mass is 10.0. The van der Waals surface area contributed by atoms with Gasteiger partial charge in [-0.05, 0) is 55.3 Å². The van der Waals surface area contributed by atoms with E-state index in [9.17, 15) is 17.6 Å². The summed E-state index contributed by atoms with van der Waals surface area (Å²) in [4.78, 5) is 14.8. The molecule has 160 valence electrons. The number of hydrogen-bond acceptors (Lipinski definition) is 5. The predicted octanol–water partition coefficient (Wildman–Crippen LogP) is 3.20. The van der Waals surface area contributed by atoms with E-state index in [-0.39, 0.29) is 10.8 Å². The fraction of sp³-hybridized carbons (Fsp3) is 0.381. The number of benzene rings is 2. The highest BCUT2D eigenvalue weighted by Crippen LogP contribution is 2.45. The summed E-state index contributed by atoms with van der Waals surface area (Å²) in [5.41, 5.74) is 0.567. The van der Waals surface area contributed by atoms with Crippen molar-refractivity contribution in [3.05, 3.63) is 59.9 Å². The van der Waals surface area contributed by atoms with Crippen molar-refractivity contribution >= 4 is 27.7 Å². The van der Waals surface area contributed by atoms with Gasteiger partial charge in [0.1, 0.15) is 11.6 Å². The van der Waals surface area contributed by atoms with Crippen LogP contribution in [0.25, 0.3) is 0 Å². The summed E-state index contributed by atoms with van der Waals surface area (Å²) >= 11 is 1.72. The molecule has 2 saturated heterocycles. The first-order chi connectivity index (χ1) is 14.4. The molecule has 1 amide bonds. The van der Waals surface area contributed by atoms with E-state index in [0.29, 0.717) is 43.8 Å². The molecule has 0 aromatic heterocycles. The highest BCUT2D eigenvalue weighted by Gasteiger charge is 2.48. The third kappa shape index (κ3) is 3.81. The second-order valence-corrected chi connectivity index (χ2v) is 10.7. The van der Waals surface area contributed by atoms with Crippen LogP contribution in [0.4, 0.5) is 4.39 Å². The van der Waals surface area contributed by atoms with Crippen LogP contribution in [-0.4, -0.2) is 60.9 Å². The lowest BCUT2D eigenvalue weighted by Gasteiger charge is -2.43. The Balaban J connectivity index is 1.51. The molecule has 2 heterocycles. The van der Waals surface area contributed by atoms with E-state index in [0.717, 1.165) is 17.9 Å². The van der Waals surface area contributed by atoms with Crippen LogP contribution in [0.2, 0.25) is 0 Å². The SMILES string of the molecule is COc1cccc(C(=O)N2CCSC23CCN(S(=O)(=O)c2ccc(F)cc2)CC3)c1. The van der Waals surface area contributed by atoms with E-state index in [1.165, 1.54) is 16.4 Å². The number of thioether (sulfide) groups is 1. The predicted molar refractivity (Wildman–Crippen MR) is 114 cm³/mol. The van der Waals surface area contributed by atoms with Crippen molar-refractivity contribution in [3.8, 4) is 5.75 Å². The van der Waals surface area contributed by atoms with Crippen LogP contribution >= 0.6 is 11.8 Å². The van der Waals surface area contributed by atoms with Crippen LogP contribution in [0.3, 0.4) is 0 Å². The largest absolute Gasteiger partial charge is 0.497 e. The number of carbonyl (C=O) groups excluding carboxylic acids is 1. The molecule has 1 spiro atoms. The average Bonchev–Trinajstić information content (AvgIpc) is 3.16. The second kappa shape index (κ2) is 8.20. The van der Waals surface area contributed by atoms with Gasteiger partial charge in [-0.1, -0.05) is 6.07 Å². The number of carbonyl (C=O) groups is 1. The molecular weight excluding hydrogens is 427 g/mol. The van der Waals surface area contributed by atoms with Gasteiger partial charge in [-0.15, -0.1) is 11.8 Å². The Bertz CT molecular complexity index is 1040. The maximum atomic E-state index is 13.2. The highest BCUT2D eigenvalue weighted by atomic mass is 32.2. The number of ether oxygens (including phenoxy) is 1. The summed E-state index contributed by atoms with van der Waals surface area (Å²) in [7, 11) is -2.12. The number of methoxy groups -OCH3 is 1. The number of rotatable bonds is 4. The van der Waals surface area contributed by atoms with E-state index >= 15 is 0 Å². The molecule has 6 nitrogen and oxygen atoms in total. The Morgan fingerprint density at radius 3 is 2.47 bits per heavy atom. The van der Waals surface area contributed by atoms with Gasteiger partial charge in [0.25, 0.3) is 5.91 Å². The van der Waals surface area contributed by atoms with Gasteiger partial charge in [-0.25, -0.2) is 12.8 Å². The van der Waals surface area contributed by atoms with Gasteiger partial charge in [0.15, 0.2) is 0 Å². The van der Waals surface area contributed by atoms with Crippen molar-refractivity contribution in [1.82, 2.24) is 9.21 Å². The Morgan fingerprint density at radius 1 is 1.10 bits per heavy atom. The quantitative estimate of drug-likeness (QED) is 0.716. The molecule has 2 aliphatic heterocycles. The van der Waals surface area contributed by atoms with Crippen LogP contribution in [0.15, 0.2) is 53.4 Å². The monoisotopic (exact) mass is 450 g/mol. The number of amides is 1. The number of hydrogen-bond donors (Lipinski definition) is 0. The third-order valence-corrected chi connectivity index (χ3v) is 9.16. The molecule has 0 radical (unpaired) electrons. The summed E-state index contributed by atoms with van der Waals surface area (Å²) in [5.74, 6) is 0.914. The molecule has 2 fully saturated rings. The van der Waals surface area contributed by atoms with E-state index in [4.69, 9.17) is 4.74 Å². The van der Waals surface area contributed by atoms with Crippen molar-refractivity contribution in [3.63, 3.8) is 0 Å². The zero-order valence-electron chi connectivity index (χ0n) is 16.6. The number of piperidine rings is 1. The Hall–Kier alpha value is -2.10. The first-order valence-corrected chi connectivity index (χ1v) is 12.1. The maximum absolute atomic E-state index is 13.2. The lowest BCUT2D eigenvalue weighted by molar-refractivity contribution is 0.0605. The molecule has 0 aliphatic carbocycles. The fourth-order valence-electron chi connectivity index (χ4n) is 4.05. The maximum Gasteiger partial charge on any atom is 0.255 e. The van der Waals surface area contributed by atoms with Crippen molar-refractivity contribution < 1.29 is 22.3 Å². The van der Waals surface area contributed by atoms with Crippen molar-refractivity contribution in [2.45, 2.75) is 22.6 Å². The molecule has 0 N–H and O–H groups in total. The molecule has 0 bridgehead atoms. The standard InChI is InChI=1S/C21H23FN2O4S2/c1-28-18-4-2-3-16(15-18)20(25)24-13-14-29-21(24)9-11-23(12-10-21)30(26,27)19-7-5-17(22)6-8-19/h2-8,15H,9-14H2,1H3. The topological polar surface area (TPSA) is 66.9 Å². The van der Waals surface area contributed by atoms with Gasteiger partial charge in [-0.3, -0.25) is 4.79 Å². The molecule has 0 saturated carbocycles. The van der Waals surface area contributed by atoms with Gasteiger partial charge < -0.3 is 9.64 Å². The van der Waals surface area contributed by atoms with E-state index < -0.39 is 20.7 Å². The summed E-state index contributed by atoms with van der Waals surface area (Å²) < 4.78 is 45.7. The minimum atomic E-state index is -3.69. The van der Waals surface area contributed by atoms with Crippen LogP contribution in [0.5, 0.6) is 5.75 Å². The normalized spacial score (nSPS) is 19.2. The van der Waals surface area contributed by atoms with Gasteiger partial charge in [-0.2, -0.15) is 4.31 Å². The van der Waals surface area contributed by atoms with Crippen molar-refractivity contribution in [1.29, 1.82) is 0 Å². The Kier molecular flexibility index (Phi) is 5.78. The highest BCUT2D eigenvalue weighted by molar-refractivity contribution is 8.00. The number of nitrogens with zero attached hydrogens (tertiary/aromatic N) is 2. The molecule has 2 aromatic rings. The molecule has 9 heteroatoms. The van der Waals surface area contributed by atoms with Crippen LogP contribution in [-0.2, 0) is 10.0 Å². The minimum absolute atomic E-state index is 0.0614. The Labute approximate surface area is 180 Å². The zero-order chi connectivity index (χ0) is 21.4. The fourth-order valence-corrected chi connectivity index (χ4v) is 6.95. The summed E-state index contributed by atoms with van der Waals surface area (Å²) in [6.07, 6.45) is 1.10. The molecule has 4 rings (SSSR count). The third-order valence-electron chi connectivity index (χ3n) is 5.69. The molecule has 2 aromatic carbocycles. The Morgan fingerprint density at radius 2 is 1.80 bits per heavy atom. The second-order valence-electron chi connectivity index (χ2n) is 7.34. The summed E-state index contributed by atoms with van der Waals surface area (Å²) in [6, 6.07) is 12.0. The first kappa shape index (κ1) is 21.1.